The summed E-state index contributed by atoms with van der Waals surface area (Å²) >= 11 is 1.44. The van der Waals surface area contributed by atoms with E-state index in [4.69, 9.17) is 0 Å². The van der Waals surface area contributed by atoms with Crippen molar-refractivity contribution in [2.75, 3.05) is 0 Å². The van der Waals surface area contributed by atoms with Gasteiger partial charge in [-0.15, -0.1) is 0 Å². The molecule has 0 atom stereocenters. The number of hydrogen-bond donors (Lipinski definition) is 0. The molecule has 22 heavy (non-hydrogen) atoms. The minimum atomic E-state index is -0.161. The third-order valence-electron chi connectivity index (χ3n) is 1.09. The molecule has 0 saturated carbocycles. The van der Waals surface area contributed by atoms with Gasteiger partial charge in [0.15, 0.2) is 0 Å². The SMILES string of the molecule is C[Si](C)C.C[Si](C)C.C[Si](C)C.F/[C]([Ge])=C\c1ccccc1. The Labute approximate surface area is 152 Å². The van der Waals surface area contributed by atoms with Gasteiger partial charge in [-0.3, -0.25) is 0 Å². The Morgan fingerprint density at radius 1 is 0.773 bits per heavy atom. The number of hydrogen-bond acceptors (Lipinski definition) is 0. The van der Waals surface area contributed by atoms with E-state index in [1.807, 2.05) is 30.3 Å². The summed E-state index contributed by atoms with van der Waals surface area (Å²) < 4.78 is 12.1. The van der Waals surface area contributed by atoms with E-state index in [9.17, 15) is 4.39 Å². The van der Waals surface area contributed by atoms with Gasteiger partial charge in [0.05, 0.1) is 0 Å². The quantitative estimate of drug-likeness (QED) is 0.479. The molecule has 0 aliphatic heterocycles. The van der Waals surface area contributed by atoms with Crippen LogP contribution in [-0.2, 0) is 0 Å². The van der Waals surface area contributed by atoms with E-state index in [-0.39, 0.29) is 31.0 Å². The van der Waals surface area contributed by atoms with Gasteiger partial charge in [-0.2, -0.15) is 0 Å². The molecule has 6 radical (unpaired) electrons. The molecule has 0 unspecified atom stereocenters. The fourth-order valence-corrected chi connectivity index (χ4v) is 1.05. The molecule has 5 heteroatoms. The van der Waals surface area contributed by atoms with Crippen LogP contribution in [0.3, 0.4) is 0 Å². The minimum absolute atomic E-state index is 0.120. The average Bonchev–Trinajstić information content (AvgIpc) is 2.26. The van der Waals surface area contributed by atoms with Crippen LogP contribution in [0.4, 0.5) is 4.39 Å². The molecule has 1 aromatic carbocycles. The first-order valence-corrected chi connectivity index (χ1v) is 17.5. The summed E-state index contributed by atoms with van der Waals surface area (Å²) in [6.07, 6.45) is 1.50. The summed E-state index contributed by atoms with van der Waals surface area (Å²) in [4.78, 5) is 0. The molecule has 0 aromatic heterocycles. The molecule has 0 fully saturated rings. The second-order valence-electron chi connectivity index (χ2n) is 6.40. The van der Waals surface area contributed by atoms with Crippen molar-refractivity contribution >= 4 is 49.0 Å². The van der Waals surface area contributed by atoms with Crippen molar-refractivity contribution in [3.8, 4) is 0 Å². The second kappa shape index (κ2) is 19.1. The van der Waals surface area contributed by atoms with Crippen LogP contribution in [-0.4, -0.2) is 42.9 Å². The van der Waals surface area contributed by atoms with E-state index in [0.29, 0.717) is 0 Å². The Hall–Kier alpha value is 0.0835. The first kappa shape index (κ1) is 27.0. The predicted molar refractivity (Wildman–Crippen MR) is 111 cm³/mol. The molecule has 0 aliphatic rings. The van der Waals surface area contributed by atoms with E-state index in [1.54, 1.807) is 0 Å². The first-order chi connectivity index (χ1) is 9.98. The third-order valence-corrected chi connectivity index (χ3v) is 1.40. The molecule has 0 bridgehead atoms. The molecule has 0 spiro atoms. The van der Waals surface area contributed by atoms with E-state index >= 15 is 0 Å². The van der Waals surface area contributed by atoms with Gasteiger partial charge >= 0.3 is 67.5 Å². The molecule has 0 saturated heterocycles. The maximum absolute atomic E-state index is 12.2. The van der Waals surface area contributed by atoms with Gasteiger partial charge in [0.2, 0.25) is 0 Å². The fraction of sp³-hybridized carbons (Fsp3) is 0.529. The summed E-state index contributed by atoms with van der Waals surface area (Å²) in [6, 6.07) is 9.40. The Balaban J connectivity index is -0.000000253. The molecule has 1 aromatic rings. The van der Waals surface area contributed by atoms with Gasteiger partial charge < -0.3 is 0 Å². The topological polar surface area (TPSA) is 0 Å². The van der Waals surface area contributed by atoms with Crippen molar-refractivity contribution in [1.29, 1.82) is 0 Å². The molecule has 0 heterocycles. The predicted octanol–water partition coefficient (Wildman–Crippen LogP) is 6.23. The van der Waals surface area contributed by atoms with Crippen molar-refractivity contribution in [2.45, 2.75) is 58.9 Å². The fourth-order valence-electron chi connectivity index (χ4n) is 0.696. The van der Waals surface area contributed by atoms with Crippen molar-refractivity contribution in [1.82, 2.24) is 0 Å². The van der Waals surface area contributed by atoms with Gasteiger partial charge in [0.25, 0.3) is 0 Å². The third kappa shape index (κ3) is 50.1. The summed E-state index contributed by atoms with van der Waals surface area (Å²) in [5, 5.41) is 0. The van der Waals surface area contributed by atoms with Crippen molar-refractivity contribution < 1.29 is 4.39 Å². The van der Waals surface area contributed by atoms with Gasteiger partial charge in [0.1, 0.15) is 0 Å². The summed E-state index contributed by atoms with van der Waals surface area (Å²) in [6.45, 7) is 20.4. The van der Waals surface area contributed by atoms with Crippen molar-refractivity contribution in [3.05, 3.63) is 40.6 Å². The summed E-state index contributed by atoms with van der Waals surface area (Å²) in [5.41, 5.74) is 0.905. The van der Waals surface area contributed by atoms with Gasteiger partial charge in [-0.05, 0) is 0 Å². The summed E-state index contributed by atoms with van der Waals surface area (Å²) in [5.74, 6) is 0. The zero-order chi connectivity index (χ0) is 18.1. The number of benzene rings is 1. The zero-order valence-corrected chi connectivity index (χ0v) is 20.9. The van der Waals surface area contributed by atoms with Crippen molar-refractivity contribution in [3.63, 3.8) is 0 Å². The number of halogens is 1. The van der Waals surface area contributed by atoms with Gasteiger partial charge in [0, 0.05) is 26.4 Å². The van der Waals surface area contributed by atoms with Crippen LogP contribution in [0.25, 0.3) is 6.08 Å². The Morgan fingerprint density at radius 3 is 1.27 bits per heavy atom. The maximum atomic E-state index is 12.2. The second-order valence-corrected chi connectivity index (χ2v) is 16.4. The van der Waals surface area contributed by atoms with Gasteiger partial charge in [-0.25, -0.2) is 0 Å². The van der Waals surface area contributed by atoms with Crippen LogP contribution in [0.5, 0.6) is 0 Å². The van der Waals surface area contributed by atoms with Crippen LogP contribution in [0.2, 0.25) is 58.9 Å². The van der Waals surface area contributed by atoms with Gasteiger partial charge in [-0.1, -0.05) is 58.9 Å². The van der Waals surface area contributed by atoms with Crippen LogP contribution in [0, 0.1) is 0 Å². The molecule has 124 valence electrons. The van der Waals surface area contributed by atoms with E-state index in [1.165, 1.54) is 22.6 Å². The molecule has 0 nitrogen and oxygen atoms in total. The molecule has 0 N–H and O–H groups in total. The van der Waals surface area contributed by atoms with E-state index in [2.05, 4.69) is 58.9 Å². The Morgan fingerprint density at radius 2 is 1.05 bits per heavy atom. The first-order valence-electron chi connectivity index (χ1n) is 7.43. The molecular formula is C17H33FGeSi3. The Kier molecular flexibility index (Phi) is 23.4. The summed E-state index contributed by atoms with van der Waals surface area (Å²) in [7, 11) is 0.361. The van der Waals surface area contributed by atoms with E-state index < -0.39 is 0 Å². The zero-order valence-electron chi connectivity index (χ0n) is 15.8. The monoisotopic (exact) mass is 414 g/mol. The Bertz CT molecular complexity index is 326. The molecule has 0 amide bonds. The average molecular weight is 413 g/mol. The number of rotatable bonds is 1. The standard InChI is InChI=1S/C8H6FGe.3C3H9Si/c9-8(10)6-7-4-2-1-3-5-7;3*1-4(2)3/h1-6H;3*1-3H3/b8-6+;;;. The van der Waals surface area contributed by atoms with Crippen molar-refractivity contribution in [2.24, 2.45) is 0 Å². The van der Waals surface area contributed by atoms with Crippen LogP contribution >= 0.6 is 0 Å². The normalized spacial score (nSPS) is 10.2. The van der Waals surface area contributed by atoms with Crippen LogP contribution in [0.1, 0.15) is 5.56 Å². The molecule has 0 aliphatic carbocycles. The van der Waals surface area contributed by atoms with E-state index in [0.717, 1.165) is 5.56 Å². The van der Waals surface area contributed by atoms with Crippen LogP contribution < -0.4 is 0 Å². The van der Waals surface area contributed by atoms with Crippen LogP contribution in [0.15, 0.2) is 35.0 Å². The molecular weight excluding hydrogens is 380 g/mol. The molecule has 1 rings (SSSR count).